The standard InChI is InChI=1S/C16H22N2O3S/c1-4-21-16(20)13-8(2)18-15(22-13)9(3)17-14(19)12-10-6-5-7-11(10)12/h9-12H,4-7H2,1-3H3,(H,17,19)/t9-,10-,11-/m0/s1. The molecule has 2 fully saturated rings. The maximum atomic E-state index is 12.3. The van der Waals surface area contributed by atoms with Crippen LogP contribution < -0.4 is 5.32 Å². The molecule has 0 radical (unpaired) electrons. The number of fused-ring (bicyclic) bond motifs is 1. The number of hydrogen-bond donors (Lipinski definition) is 1. The number of aryl methyl sites for hydroxylation is 1. The van der Waals surface area contributed by atoms with Gasteiger partial charge in [0, 0.05) is 5.92 Å². The zero-order chi connectivity index (χ0) is 15.9. The minimum Gasteiger partial charge on any atom is -0.462 e. The van der Waals surface area contributed by atoms with Crippen LogP contribution in [0.1, 0.15) is 59.5 Å². The average molecular weight is 322 g/mol. The average Bonchev–Trinajstić information content (AvgIpc) is 2.83. The van der Waals surface area contributed by atoms with Crippen LogP contribution in [0.2, 0.25) is 0 Å². The van der Waals surface area contributed by atoms with Gasteiger partial charge in [0.25, 0.3) is 0 Å². The van der Waals surface area contributed by atoms with Gasteiger partial charge in [-0.25, -0.2) is 9.78 Å². The molecule has 5 nitrogen and oxygen atoms in total. The van der Waals surface area contributed by atoms with Crippen molar-refractivity contribution in [3.63, 3.8) is 0 Å². The summed E-state index contributed by atoms with van der Waals surface area (Å²) in [5, 5.41) is 3.82. The van der Waals surface area contributed by atoms with Gasteiger partial charge < -0.3 is 10.1 Å². The molecule has 6 heteroatoms. The first-order valence-corrected chi connectivity index (χ1v) is 8.79. The number of ether oxygens (including phenoxy) is 1. The second-order valence-electron chi connectivity index (χ2n) is 6.20. The summed E-state index contributed by atoms with van der Waals surface area (Å²) in [6.07, 6.45) is 3.66. The Morgan fingerprint density at radius 3 is 2.73 bits per heavy atom. The van der Waals surface area contributed by atoms with E-state index in [4.69, 9.17) is 4.74 Å². The van der Waals surface area contributed by atoms with Crippen LogP contribution in [0, 0.1) is 24.7 Å². The summed E-state index contributed by atoms with van der Waals surface area (Å²) >= 11 is 1.31. The molecule has 1 N–H and O–H groups in total. The highest BCUT2D eigenvalue weighted by molar-refractivity contribution is 7.13. The number of carbonyl (C=O) groups excluding carboxylic acids is 2. The monoisotopic (exact) mass is 322 g/mol. The number of thiazole rings is 1. The first-order chi connectivity index (χ1) is 10.5. The van der Waals surface area contributed by atoms with Gasteiger partial charge in [0.05, 0.1) is 18.3 Å². The summed E-state index contributed by atoms with van der Waals surface area (Å²) in [6, 6.07) is -0.166. The number of hydrogen-bond acceptors (Lipinski definition) is 5. The van der Waals surface area contributed by atoms with Crippen molar-refractivity contribution >= 4 is 23.2 Å². The Balaban J connectivity index is 1.62. The zero-order valence-corrected chi connectivity index (χ0v) is 14.0. The quantitative estimate of drug-likeness (QED) is 0.846. The first-order valence-electron chi connectivity index (χ1n) is 7.97. The van der Waals surface area contributed by atoms with E-state index in [9.17, 15) is 9.59 Å². The molecule has 0 bridgehead atoms. The lowest BCUT2D eigenvalue weighted by molar-refractivity contribution is -0.123. The Bertz CT molecular complexity index is 588. The number of rotatable bonds is 5. The van der Waals surface area contributed by atoms with Crippen LogP contribution in [0.15, 0.2) is 0 Å². The molecule has 3 rings (SSSR count). The molecule has 2 aliphatic carbocycles. The number of carbonyl (C=O) groups is 2. The van der Waals surface area contributed by atoms with Crippen LogP contribution in [0.25, 0.3) is 0 Å². The summed E-state index contributed by atoms with van der Waals surface area (Å²) in [7, 11) is 0. The van der Waals surface area contributed by atoms with E-state index in [0.29, 0.717) is 29.0 Å². The Hall–Kier alpha value is -1.43. The molecule has 120 valence electrons. The molecule has 1 heterocycles. The van der Waals surface area contributed by atoms with Gasteiger partial charge in [-0.1, -0.05) is 6.42 Å². The molecular formula is C16H22N2O3S. The van der Waals surface area contributed by atoms with Gasteiger partial charge >= 0.3 is 5.97 Å². The van der Waals surface area contributed by atoms with Crippen molar-refractivity contribution in [1.29, 1.82) is 0 Å². The smallest absolute Gasteiger partial charge is 0.350 e. The van der Waals surface area contributed by atoms with Gasteiger partial charge in [-0.3, -0.25) is 4.79 Å². The highest BCUT2D eigenvalue weighted by Crippen LogP contribution is 2.57. The van der Waals surface area contributed by atoms with Crippen molar-refractivity contribution in [3.05, 3.63) is 15.6 Å². The molecule has 0 aromatic carbocycles. The first kappa shape index (κ1) is 15.5. The summed E-state index contributed by atoms with van der Waals surface area (Å²) in [5.41, 5.74) is 0.669. The second-order valence-corrected chi connectivity index (χ2v) is 7.23. The molecule has 0 saturated heterocycles. The van der Waals surface area contributed by atoms with E-state index in [0.717, 1.165) is 5.01 Å². The summed E-state index contributed by atoms with van der Waals surface area (Å²) < 4.78 is 5.03. The molecule has 1 aromatic rings. The molecule has 2 aliphatic rings. The van der Waals surface area contributed by atoms with Gasteiger partial charge in [0.1, 0.15) is 9.88 Å². The zero-order valence-electron chi connectivity index (χ0n) is 13.2. The van der Waals surface area contributed by atoms with Gasteiger partial charge in [0.15, 0.2) is 0 Å². The van der Waals surface area contributed by atoms with E-state index in [2.05, 4.69) is 10.3 Å². The molecule has 0 aliphatic heterocycles. The minimum absolute atomic E-state index is 0.146. The molecule has 0 unspecified atom stereocenters. The van der Waals surface area contributed by atoms with E-state index < -0.39 is 0 Å². The third-order valence-electron chi connectivity index (χ3n) is 4.71. The van der Waals surface area contributed by atoms with E-state index in [-0.39, 0.29) is 23.8 Å². The topological polar surface area (TPSA) is 68.3 Å². The molecule has 1 aromatic heterocycles. The SMILES string of the molecule is CCOC(=O)c1sc([C@H](C)NC(=O)C2[C@H]3CCC[C@H]23)nc1C. The van der Waals surface area contributed by atoms with Crippen LogP contribution in [-0.2, 0) is 9.53 Å². The second kappa shape index (κ2) is 5.99. The van der Waals surface area contributed by atoms with Gasteiger partial charge in [-0.15, -0.1) is 11.3 Å². The van der Waals surface area contributed by atoms with E-state index in [1.54, 1.807) is 13.8 Å². The highest BCUT2D eigenvalue weighted by atomic mass is 32.1. The highest BCUT2D eigenvalue weighted by Gasteiger charge is 2.56. The third kappa shape index (κ3) is 2.76. The number of nitrogens with zero attached hydrogens (tertiary/aromatic N) is 1. The molecule has 22 heavy (non-hydrogen) atoms. The Morgan fingerprint density at radius 1 is 1.41 bits per heavy atom. The van der Waals surface area contributed by atoms with Crippen molar-refractivity contribution in [2.45, 2.75) is 46.1 Å². The summed E-state index contributed by atoms with van der Waals surface area (Å²) in [5.74, 6) is 1.24. The number of nitrogens with one attached hydrogen (secondary N) is 1. The van der Waals surface area contributed by atoms with Gasteiger partial charge in [0.2, 0.25) is 5.91 Å². The van der Waals surface area contributed by atoms with Gasteiger partial charge in [-0.05, 0) is 45.4 Å². The van der Waals surface area contributed by atoms with Crippen molar-refractivity contribution < 1.29 is 14.3 Å². The maximum absolute atomic E-state index is 12.3. The summed E-state index contributed by atoms with van der Waals surface area (Å²) in [4.78, 5) is 29.1. The lowest BCUT2D eigenvalue weighted by Crippen LogP contribution is -2.29. The van der Waals surface area contributed by atoms with E-state index in [1.165, 1.54) is 30.6 Å². The molecule has 2 saturated carbocycles. The number of aromatic nitrogens is 1. The van der Waals surface area contributed by atoms with Crippen LogP contribution in [0.5, 0.6) is 0 Å². The largest absolute Gasteiger partial charge is 0.462 e. The van der Waals surface area contributed by atoms with Crippen molar-refractivity contribution in [2.75, 3.05) is 6.61 Å². The Labute approximate surface area is 134 Å². The van der Waals surface area contributed by atoms with Gasteiger partial charge in [-0.2, -0.15) is 0 Å². The Morgan fingerprint density at radius 2 is 2.09 bits per heavy atom. The molecular weight excluding hydrogens is 300 g/mol. The Kier molecular flexibility index (Phi) is 4.21. The van der Waals surface area contributed by atoms with Crippen LogP contribution in [0.3, 0.4) is 0 Å². The summed E-state index contributed by atoms with van der Waals surface area (Å²) in [6.45, 7) is 5.85. The van der Waals surface area contributed by atoms with Crippen molar-refractivity contribution in [2.24, 2.45) is 17.8 Å². The predicted octanol–water partition coefficient (Wildman–Crippen LogP) is 2.85. The predicted molar refractivity (Wildman–Crippen MR) is 83.7 cm³/mol. The van der Waals surface area contributed by atoms with Crippen LogP contribution in [0.4, 0.5) is 0 Å². The van der Waals surface area contributed by atoms with E-state index >= 15 is 0 Å². The van der Waals surface area contributed by atoms with Crippen LogP contribution in [-0.4, -0.2) is 23.5 Å². The normalized spacial score (nSPS) is 27.1. The lowest BCUT2D eigenvalue weighted by Gasteiger charge is -2.12. The molecule has 1 amide bonds. The fourth-order valence-corrected chi connectivity index (χ4v) is 4.53. The van der Waals surface area contributed by atoms with Crippen molar-refractivity contribution in [3.8, 4) is 0 Å². The maximum Gasteiger partial charge on any atom is 0.350 e. The number of amides is 1. The third-order valence-corrected chi connectivity index (χ3v) is 6.03. The minimum atomic E-state index is -0.334. The molecule has 3 atom stereocenters. The fraction of sp³-hybridized carbons (Fsp3) is 0.688. The molecule has 0 spiro atoms. The van der Waals surface area contributed by atoms with E-state index in [1.807, 2.05) is 6.92 Å². The van der Waals surface area contributed by atoms with Crippen LogP contribution >= 0.6 is 11.3 Å². The number of esters is 1. The lowest BCUT2D eigenvalue weighted by atomic mass is 10.1. The van der Waals surface area contributed by atoms with Crippen molar-refractivity contribution in [1.82, 2.24) is 10.3 Å². The fourth-order valence-electron chi connectivity index (χ4n) is 3.57.